The van der Waals surface area contributed by atoms with E-state index in [2.05, 4.69) is 4.98 Å². The van der Waals surface area contributed by atoms with Gasteiger partial charge in [-0.15, -0.1) is 11.3 Å². The quantitative estimate of drug-likeness (QED) is 0.621. The van der Waals surface area contributed by atoms with Crippen LogP contribution in [-0.2, 0) is 19.0 Å². The highest BCUT2D eigenvalue weighted by atomic mass is 32.1. The Morgan fingerprint density at radius 3 is 2.50 bits per heavy atom. The molecule has 0 saturated carbocycles. The molecule has 0 aliphatic heterocycles. The number of nitrogens with two attached hydrogens (primary N) is 1. The number of benzene rings is 1. The molecule has 4 rings (SSSR count). The molecule has 146 valence electrons. The maximum atomic E-state index is 13.9. The van der Waals surface area contributed by atoms with E-state index in [9.17, 15) is 18.0 Å². The van der Waals surface area contributed by atoms with E-state index in [0.717, 1.165) is 17.8 Å². The van der Waals surface area contributed by atoms with Crippen molar-refractivity contribution in [3.8, 4) is 5.75 Å². The molecule has 0 unspecified atom stereocenters. The van der Waals surface area contributed by atoms with Crippen molar-refractivity contribution in [3.63, 3.8) is 0 Å². The molecule has 2 aromatic heterocycles. The molecule has 0 spiro atoms. The van der Waals surface area contributed by atoms with Crippen molar-refractivity contribution >= 4 is 33.0 Å². The Hall–Kier alpha value is -2.61. The van der Waals surface area contributed by atoms with Crippen molar-refractivity contribution < 1.29 is 22.7 Å². The van der Waals surface area contributed by atoms with E-state index in [1.807, 2.05) is 0 Å². The van der Waals surface area contributed by atoms with Crippen molar-refractivity contribution in [2.75, 3.05) is 12.8 Å². The molecule has 0 fully saturated rings. The van der Waals surface area contributed by atoms with Crippen LogP contribution in [0, 0.1) is 0 Å². The average Bonchev–Trinajstić information content (AvgIpc) is 3.00. The number of hydrogen-bond donors (Lipinski definition) is 1. The molecule has 28 heavy (non-hydrogen) atoms. The highest BCUT2D eigenvalue weighted by molar-refractivity contribution is 7.21. The monoisotopic (exact) mass is 406 g/mol. The van der Waals surface area contributed by atoms with Crippen molar-refractivity contribution in [3.05, 3.63) is 51.5 Å². The summed E-state index contributed by atoms with van der Waals surface area (Å²) in [4.78, 5) is 17.6. The number of aromatic nitrogens is 1. The molecule has 3 aromatic rings. The normalized spacial score (nSPS) is 14.1. The van der Waals surface area contributed by atoms with Crippen LogP contribution in [-0.4, -0.2) is 17.9 Å². The number of aryl methyl sites for hydroxylation is 1. The molecular formula is C20H17F3N2O2S. The zero-order valence-corrected chi connectivity index (χ0v) is 15.8. The minimum Gasteiger partial charge on any atom is -0.497 e. The molecule has 0 bridgehead atoms. The van der Waals surface area contributed by atoms with Gasteiger partial charge in [-0.3, -0.25) is 4.79 Å². The van der Waals surface area contributed by atoms with Gasteiger partial charge in [0.1, 0.15) is 15.5 Å². The number of thiophene rings is 1. The third kappa shape index (κ3) is 3.01. The summed E-state index contributed by atoms with van der Waals surface area (Å²) in [6, 6.07) is 6.37. The second-order valence-corrected chi connectivity index (χ2v) is 7.70. The van der Waals surface area contributed by atoms with E-state index in [0.29, 0.717) is 36.3 Å². The summed E-state index contributed by atoms with van der Waals surface area (Å²) in [5.74, 6) is 0.156. The minimum absolute atomic E-state index is 0.0838. The minimum atomic E-state index is -4.56. The molecule has 0 amide bonds. The summed E-state index contributed by atoms with van der Waals surface area (Å²) in [5, 5.41) is -0.144. The Balaban J connectivity index is 1.92. The fourth-order valence-electron chi connectivity index (χ4n) is 3.66. The van der Waals surface area contributed by atoms with Crippen LogP contribution in [0.15, 0.2) is 24.3 Å². The number of ketones is 1. The first-order valence-corrected chi connectivity index (χ1v) is 9.62. The Morgan fingerprint density at radius 2 is 1.86 bits per heavy atom. The molecule has 2 heterocycles. The topological polar surface area (TPSA) is 65.2 Å². The van der Waals surface area contributed by atoms with E-state index in [4.69, 9.17) is 10.5 Å². The summed E-state index contributed by atoms with van der Waals surface area (Å²) in [6.07, 6.45) is -2.23. The molecule has 0 atom stereocenters. The largest absolute Gasteiger partial charge is 0.497 e. The SMILES string of the molecule is COc1ccc(C(=O)c2sc3nc4c(c(C(F)(F)F)c3c2N)CCCC4)cc1. The number of halogens is 3. The fraction of sp³-hybridized carbons (Fsp3) is 0.300. The van der Waals surface area contributed by atoms with Crippen molar-refractivity contribution in [1.29, 1.82) is 0 Å². The van der Waals surface area contributed by atoms with Gasteiger partial charge in [-0.1, -0.05) is 0 Å². The van der Waals surface area contributed by atoms with Gasteiger partial charge >= 0.3 is 6.18 Å². The van der Waals surface area contributed by atoms with E-state index < -0.39 is 17.5 Å². The number of rotatable bonds is 3. The third-order valence-corrected chi connectivity index (χ3v) is 6.09. The van der Waals surface area contributed by atoms with Crippen LogP contribution in [0.4, 0.5) is 18.9 Å². The summed E-state index contributed by atoms with van der Waals surface area (Å²) in [7, 11) is 1.51. The Bertz CT molecular complexity index is 1070. The van der Waals surface area contributed by atoms with Crippen LogP contribution in [0.1, 0.15) is 44.9 Å². The van der Waals surface area contributed by atoms with Crippen LogP contribution in [0.25, 0.3) is 10.2 Å². The summed E-state index contributed by atoms with van der Waals surface area (Å²) in [6.45, 7) is 0. The van der Waals surface area contributed by atoms with Gasteiger partial charge in [0.05, 0.1) is 18.4 Å². The Morgan fingerprint density at radius 1 is 1.18 bits per heavy atom. The highest BCUT2D eigenvalue weighted by Crippen LogP contribution is 2.46. The van der Waals surface area contributed by atoms with Gasteiger partial charge < -0.3 is 10.5 Å². The molecular weight excluding hydrogens is 389 g/mol. The lowest BCUT2D eigenvalue weighted by molar-refractivity contribution is -0.137. The number of methoxy groups -OCH3 is 1. The third-order valence-electron chi connectivity index (χ3n) is 5.00. The first kappa shape index (κ1) is 18.7. The number of carbonyl (C=O) groups is 1. The maximum Gasteiger partial charge on any atom is 0.417 e. The molecule has 4 nitrogen and oxygen atoms in total. The molecule has 8 heteroatoms. The molecule has 1 aromatic carbocycles. The number of anilines is 1. The van der Waals surface area contributed by atoms with Crippen LogP contribution in [0.3, 0.4) is 0 Å². The Labute approximate surface area is 163 Å². The lowest BCUT2D eigenvalue weighted by atomic mass is 9.90. The van der Waals surface area contributed by atoms with Gasteiger partial charge in [0.2, 0.25) is 5.78 Å². The Kier molecular flexibility index (Phi) is 4.53. The van der Waals surface area contributed by atoms with Crippen molar-refractivity contribution in [2.24, 2.45) is 0 Å². The van der Waals surface area contributed by atoms with E-state index >= 15 is 0 Å². The standard InChI is InChI=1S/C20H17F3N2O2S/c1-27-11-8-6-10(7-9-11)17(26)18-16(24)14-15(20(21,22)23)12-4-2-3-5-13(12)25-19(14)28-18/h6-9H,2-5,24H2,1H3. The smallest absolute Gasteiger partial charge is 0.417 e. The number of pyridine rings is 1. The summed E-state index contributed by atoms with van der Waals surface area (Å²) < 4.78 is 46.8. The van der Waals surface area contributed by atoms with Gasteiger partial charge in [0.25, 0.3) is 0 Å². The van der Waals surface area contributed by atoms with Gasteiger partial charge in [-0.2, -0.15) is 13.2 Å². The molecule has 1 aliphatic carbocycles. The van der Waals surface area contributed by atoms with Crippen LogP contribution in [0.5, 0.6) is 5.75 Å². The van der Waals surface area contributed by atoms with Crippen molar-refractivity contribution in [2.45, 2.75) is 31.9 Å². The molecule has 2 N–H and O–H groups in total. The highest BCUT2D eigenvalue weighted by Gasteiger charge is 2.39. The number of carbonyl (C=O) groups excluding carboxylic acids is 1. The lowest BCUT2D eigenvalue weighted by Gasteiger charge is -2.21. The first-order chi connectivity index (χ1) is 13.3. The summed E-state index contributed by atoms with van der Waals surface area (Å²) >= 11 is 0.923. The first-order valence-electron chi connectivity index (χ1n) is 8.81. The molecule has 1 aliphatic rings. The zero-order chi connectivity index (χ0) is 20.1. The van der Waals surface area contributed by atoms with Gasteiger partial charge in [-0.05, 0) is 55.5 Å². The number of fused-ring (bicyclic) bond motifs is 2. The second-order valence-electron chi connectivity index (χ2n) is 6.70. The van der Waals surface area contributed by atoms with Gasteiger partial charge in [-0.25, -0.2) is 4.98 Å². The molecule has 0 saturated heterocycles. The predicted octanol–water partition coefficient (Wildman–Crippen LogP) is 5.02. The second kappa shape index (κ2) is 6.77. The van der Waals surface area contributed by atoms with Gasteiger partial charge in [0.15, 0.2) is 0 Å². The number of nitrogens with zero attached hydrogens (tertiary/aromatic N) is 1. The van der Waals surface area contributed by atoms with Gasteiger partial charge in [0, 0.05) is 16.6 Å². The van der Waals surface area contributed by atoms with E-state index in [1.54, 1.807) is 24.3 Å². The van der Waals surface area contributed by atoms with Crippen LogP contribution in [0.2, 0.25) is 0 Å². The number of hydrogen-bond acceptors (Lipinski definition) is 5. The predicted molar refractivity (Wildman–Crippen MR) is 102 cm³/mol. The summed E-state index contributed by atoms with van der Waals surface area (Å²) in [5.41, 5.74) is 6.24. The van der Waals surface area contributed by atoms with E-state index in [-0.39, 0.29) is 26.3 Å². The van der Waals surface area contributed by atoms with Crippen LogP contribution >= 0.6 is 11.3 Å². The fourth-order valence-corrected chi connectivity index (χ4v) is 4.75. The molecule has 0 radical (unpaired) electrons. The maximum absolute atomic E-state index is 13.9. The average molecular weight is 406 g/mol. The van der Waals surface area contributed by atoms with Crippen molar-refractivity contribution in [1.82, 2.24) is 4.98 Å². The van der Waals surface area contributed by atoms with E-state index in [1.165, 1.54) is 7.11 Å². The lowest BCUT2D eigenvalue weighted by Crippen LogP contribution is -2.16. The number of ether oxygens (including phenoxy) is 1. The zero-order valence-electron chi connectivity index (χ0n) is 15.0. The number of alkyl halides is 3. The number of nitrogen functional groups attached to an aromatic ring is 1. The van der Waals surface area contributed by atoms with Crippen LogP contribution < -0.4 is 10.5 Å².